The van der Waals surface area contributed by atoms with Crippen molar-refractivity contribution in [3.63, 3.8) is 0 Å². The van der Waals surface area contributed by atoms with E-state index in [1.807, 2.05) is 0 Å². The fourth-order valence-electron chi connectivity index (χ4n) is 4.40. The average molecular weight is 345 g/mol. The minimum atomic E-state index is 0.287. The summed E-state index contributed by atoms with van der Waals surface area (Å²) in [4.78, 5) is 14.9. The number of thioether (sulfide) groups is 1. The highest BCUT2D eigenvalue weighted by Crippen LogP contribution is 2.53. The molecule has 3 fully saturated rings. The zero-order valence-corrected chi connectivity index (χ0v) is 15.1. The summed E-state index contributed by atoms with van der Waals surface area (Å²) < 4.78 is 0. The SMILES string of the molecule is NC1CCCN(C(=O)C2CC2C2CC(c3ccccc3)CS2)CC1. The molecule has 1 aliphatic carbocycles. The Bertz CT molecular complexity index is 578. The molecule has 3 nitrogen and oxygen atoms in total. The van der Waals surface area contributed by atoms with Crippen molar-refractivity contribution in [1.29, 1.82) is 0 Å². The Balaban J connectivity index is 1.31. The Labute approximate surface area is 149 Å². The van der Waals surface area contributed by atoms with Crippen LogP contribution in [0, 0.1) is 11.8 Å². The number of rotatable bonds is 3. The molecule has 130 valence electrons. The summed E-state index contributed by atoms with van der Waals surface area (Å²) in [5, 5.41) is 0.679. The third-order valence-electron chi connectivity index (χ3n) is 6.02. The Kier molecular flexibility index (Phi) is 4.86. The zero-order chi connectivity index (χ0) is 16.5. The van der Waals surface area contributed by atoms with Gasteiger partial charge in [-0.3, -0.25) is 4.79 Å². The first-order valence-corrected chi connectivity index (χ1v) is 10.5. The molecule has 24 heavy (non-hydrogen) atoms. The summed E-state index contributed by atoms with van der Waals surface area (Å²) in [6.45, 7) is 1.79. The third kappa shape index (κ3) is 3.50. The van der Waals surface area contributed by atoms with Gasteiger partial charge in [-0.2, -0.15) is 11.8 Å². The lowest BCUT2D eigenvalue weighted by Gasteiger charge is -2.21. The quantitative estimate of drug-likeness (QED) is 0.915. The van der Waals surface area contributed by atoms with Gasteiger partial charge in [0.2, 0.25) is 5.91 Å². The standard InChI is InChI=1S/C20H28N2OS/c21-16-7-4-9-22(10-8-16)20(23)18-12-17(18)19-11-15(13-24-19)14-5-2-1-3-6-14/h1-3,5-6,15-19H,4,7-13,21H2. The van der Waals surface area contributed by atoms with Gasteiger partial charge in [-0.25, -0.2) is 0 Å². The number of benzene rings is 1. The number of likely N-dealkylation sites (tertiary alicyclic amines) is 1. The second kappa shape index (κ2) is 7.09. The molecule has 1 aromatic rings. The normalized spacial score (nSPS) is 36.4. The summed E-state index contributed by atoms with van der Waals surface area (Å²) in [6.07, 6.45) is 5.46. The molecule has 4 heteroatoms. The molecule has 2 aliphatic heterocycles. The van der Waals surface area contributed by atoms with Gasteiger partial charge in [-0.05, 0) is 49.5 Å². The highest BCUT2D eigenvalue weighted by atomic mass is 32.2. The Morgan fingerprint density at radius 2 is 1.96 bits per heavy atom. The lowest BCUT2D eigenvalue weighted by Crippen LogP contribution is -2.34. The van der Waals surface area contributed by atoms with Gasteiger partial charge in [0.15, 0.2) is 0 Å². The van der Waals surface area contributed by atoms with Crippen LogP contribution in [0.1, 0.15) is 43.6 Å². The number of carbonyl (C=O) groups excluding carboxylic acids is 1. The van der Waals surface area contributed by atoms with Crippen molar-refractivity contribution in [1.82, 2.24) is 4.90 Å². The highest BCUT2D eigenvalue weighted by molar-refractivity contribution is 8.00. The number of hydrogen-bond donors (Lipinski definition) is 1. The number of hydrogen-bond acceptors (Lipinski definition) is 3. The van der Waals surface area contributed by atoms with Gasteiger partial charge in [-0.1, -0.05) is 30.3 Å². The van der Waals surface area contributed by atoms with Gasteiger partial charge in [0.25, 0.3) is 0 Å². The first kappa shape index (κ1) is 16.5. The molecule has 2 saturated heterocycles. The molecule has 0 bridgehead atoms. The Morgan fingerprint density at radius 3 is 2.79 bits per heavy atom. The first-order chi connectivity index (χ1) is 11.7. The number of carbonyl (C=O) groups is 1. The predicted molar refractivity (Wildman–Crippen MR) is 100 cm³/mol. The predicted octanol–water partition coefficient (Wildman–Crippen LogP) is 3.25. The van der Waals surface area contributed by atoms with Gasteiger partial charge >= 0.3 is 0 Å². The number of nitrogens with two attached hydrogens (primary N) is 1. The maximum absolute atomic E-state index is 12.8. The Morgan fingerprint density at radius 1 is 1.12 bits per heavy atom. The Hall–Kier alpha value is -1.00. The van der Waals surface area contributed by atoms with Gasteiger partial charge in [0, 0.05) is 36.1 Å². The molecule has 2 heterocycles. The van der Waals surface area contributed by atoms with Gasteiger partial charge in [-0.15, -0.1) is 0 Å². The molecule has 5 unspecified atom stereocenters. The topological polar surface area (TPSA) is 46.3 Å². The molecular weight excluding hydrogens is 316 g/mol. The van der Waals surface area contributed by atoms with Crippen LogP contribution in [0.5, 0.6) is 0 Å². The third-order valence-corrected chi connectivity index (χ3v) is 7.58. The van der Waals surface area contributed by atoms with E-state index < -0.39 is 0 Å². The van der Waals surface area contributed by atoms with Crippen molar-refractivity contribution in [2.45, 2.75) is 49.3 Å². The van der Waals surface area contributed by atoms with E-state index in [0.29, 0.717) is 28.9 Å². The van der Waals surface area contributed by atoms with E-state index in [1.54, 1.807) is 0 Å². The lowest BCUT2D eigenvalue weighted by molar-refractivity contribution is -0.132. The van der Waals surface area contributed by atoms with Crippen LogP contribution < -0.4 is 5.73 Å². The van der Waals surface area contributed by atoms with E-state index in [0.717, 1.165) is 38.8 Å². The highest BCUT2D eigenvalue weighted by Gasteiger charge is 2.51. The van der Waals surface area contributed by atoms with Crippen LogP contribution in [0.15, 0.2) is 30.3 Å². The van der Waals surface area contributed by atoms with E-state index >= 15 is 0 Å². The number of nitrogens with zero attached hydrogens (tertiary/aromatic N) is 1. The molecule has 1 saturated carbocycles. The maximum atomic E-state index is 12.8. The fraction of sp³-hybridized carbons (Fsp3) is 0.650. The summed E-state index contributed by atoms with van der Waals surface area (Å²) in [6, 6.07) is 11.2. The molecule has 0 radical (unpaired) electrons. The molecule has 2 N–H and O–H groups in total. The maximum Gasteiger partial charge on any atom is 0.226 e. The molecule has 0 spiro atoms. The van der Waals surface area contributed by atoms with Gasteiger partial charge in [0.1, 0.15) is 0 Å². The molecule has 5 atom stereocenters. The molecule has 0 aromatic heterocycles. The van der Waals surface area contributed by atoms with Crippen LogP contribution in [0.3, 0.4) is 0 Å². The summed E-state index contributed by atoms with van der Waals surface area (Å²) in [5.41, 5.74) is 7.51. The molecule has 4 rings (SSSR count). The summed E-state index contributed by atoms with van der Waals surface area (Å²) in [7, 11) is 0. The van der Waals surface area contributed by atoms with Crippen molar-refractivity contribution >= 4 is 17.7 Å². The number of amides is 1. The van der Waals surface area contributed by atoms with E-state index in [4.69, 9.17) is 5.73 Å². The smallest absolute Gasteiger partial charge is 0.226 e. The van der Waals surface area contributed by atoms with Crippen LogP contribution in [-0.4, -0.2) is 40.9 Å². The molecular formula is C20H28N2OS. The van der Waals surface area contributed by atoms with Crippen LogP contribution in [0.25, 0.3) is 0 Å². The van der Waals surface area contributed by atoms with E-state index in [9.17, 15) is 4.79 Å². The van der Waals surface area contributed by atoms with E-state index in [-0.39, 0.29) is 6.04 Å². The molecule has 1 amide bonds. The van der Waals surface area contributed by atoms with Crippen molar-refractivity contribution in [2.24, 2.45) is 17.6 Å². The van der Waals surface area contributed by atoms with Gasteiger partial charge in [0.05, 0.1) is 0 Å². The first-order valence-electron chi connectivity index (χ1n) is 9.43. The second-order valence-electron chi connectivity index (χ2n) is 7.74. The van der Waals surface area contributed by atoms with E-state index in [1.165, 1.54) is 17.7 Å². The van der Waals surface area contributed by atoms with Gasteiger partial charge < -0.3 is 10.6 Å². The van der Waals surface area contributed by atoms with Crippen LogP contribution in [0.4, 0.5) is 0 Å². The van der Waals surface area contributed by atoms with Crippen LogP contribution >= 0.6 is 11.8 Å². The van der Waals surface area contributed by atoms with Crippen LogP contribution in [-0.2, 0) is 4.79 Å². The van der Waals surface area contributed by atoms with Crippen molar-refractivity contribution in [3.8, 4) is 0 Å². The monoisotopic (exact) mass is 344 g/mol. The van der Waals surface area contributed by atoms with Crippen molar-refractivity contribution in [2.75, 3.05) is 18.8 Å². The molecule has 1 aromatic carbocycles. The minimum absolute atomic E-state index is 0.287. The summed E-state index contributed by atoms with van der Waals surface area (Å²) in [5.74, 6) is 3.22. The van der Waals surface area contributed by atoms with Crippen molar-refractivity contribution in [3.05, 3.63) is 35.9 Å². The van der Waals surface area contributed by atoms with Crippen LogP contribution in [0.2, 0.25) is 0 Å². The van der Waals surface area contributed by atoms with E-state index in [2.05, 4.69) is 47.0 Å². The fourth-order valence-corrected chi connectivity index (χ4v) is 6.12. The lowest BCUT2D eigenvalue weighted by atomic mass is 9.95. The average Bonchev–Trinajstić information content (AvgIpc) is 3.31. The molecule has 3 aliphatic rings. The summed E-state index contributed by atoms with van der Waals surface area (Å²) >= 11 is 2.10. The largest absolute Gasteiger partial charge is 0.342 e. The van der Waals surface area contributed by atoms with Crippen molar-refractivity contribution < 1.29 is 4.79 Å². The zero-order valence-electron chi connectivity index (χ0n) is 14.3. The minimum Gasteiger partial charge on any atom is -0.342 e. The second-order valence-corrected chi connectivity index (χ2v) is 9.01.